The zero-order chi connectivity index (χ0) is 18.6. The first-order valence-corrected chi connectivity index (χ1v) is 8.75. The van der Waals surface area contributed by atoms with Gasteiger partial charge in [-0.3, -0.25) is 9.52 Å². The van der Waals surface area contributed by atoms with Crippen LogP contribution in [0.3, 0.4) is 0 Å². The second-order valence-electron chi connectivity index (χ2n) is 5.16. The third kappa shape index (κ3) is 4.18. The number of ether oxygens (including phenoxy) is 2. The Morgan fingerprint density at radius 1 is 1.16 bits per heavy atom. The average Bonchev–Trinajstić information content (AvgIpc) is 2.56. The minimum Gasteiger partial charge on any atom is -0.495 e. The van der Waals surface area contributed by atoms with Gasteiger partial charge < -0.3 is 14.8 Å². The number of nitrogens with one attached hydrogen (secondary N) is 2. The van der Waals surface area contributed by atoms with Crippen molar-refractivity contribution in [2.45, 2.75) is 18.7 Å². The Hall–Kier alpha value is -2.81. The number of sulfonamides is 1. The monoisotopic (exact) mass is 365 g/mol. The molecule has 2 rings (SSSR count). The summed E-state index contributed by atoms with van der Waals surface area (Å²) in [5.74, 6) is 0.203. The number of benzene rings is 1. The van der Waals surface area contributed by atoms with E-state index < -0.39 is 10.0 Å². The second kappa shape index (κ2) is 7.39. The summed E-state index contributed by atoms with van der Waals surface area (Å²) in [6, 6.07) is 6.11. The summed E-state index contributed by atoms with van der Waals surface area (Å²) in [6.07, 6.45) is 1.48. The number of anilines is 2. The van der Waals surface area contributed by atoms with E-state index in [-0.39, 0.29) is 33.8 Å². The minimum atomic E-state index is -4.01. The van der Waals surface area contributed by atoms with E-state index in [9.17, 15) is 13.2 Å². The fourth-order valence-electron chi connectivity index (χ4n) is 2.14. The normalized spacial score (nSPS) is 10.9. The predicted molar refractivity (Wildman–Crippen MR) is 93.6 cm³/mol. The highest BCUT2D eigenvalue weighted by atomic mass is 32.2. The van der Waals surface area contributed by atoms with Crippen molar-refractivity contribution < 1.29 is 22.7 Å². The Morgan fingerprint density at radius 2 is 1.84 bits per heavy atom. The van der Waals surface area contributed by atoms with Crippen molar-refractivity contribution in [3.8, 4) is 11.5 Å². The van der Waals surface area contributed by atoms with E-state index in [0.717, 1.165) is 0 Å². The van der Waals surface area contributed by atoms with Crippen molar-refractivity contribution in [1.29, 1.82) is 0 Å². The molecule has 1 aromatic carbocycles. The van der Waals surface area contributed by atoms with Gasteiger partial charge in [-0.1, -0.05) is 6.07 Å². The molecule has 0 radical (unpaired) electrons. The molecular weight excluding hydrogens is 346 g/mol. The van der Waals surface area contributed by atoms with Crippen molar-refractivity contribution in [3.05, 3.63) is 36.0 Å². The second-order valence-corrected chi connectivity index (χ2v) is 6.81. The summed E-state index contributed by atoms with van der Waals surface area (Å²) < 4.78 is 38.3. The molecule has 8 nitrogen and oxygen atoms in total. The molecule has 1 amide bonds. The summed E-state index contributed by atoms with van der Waals surface area (Å²) in [6.45, 7) is 3.05. The number of carbonyl (C=O) groups is 1. The summed E-state index contributed by atoms with van der Waals surface area (Å²) >= 11 is 0. The highest BCUT2D eigenvalue weighted by Gasteiger charge is 2.24. The van der Waals surface area contributed by atoms with Crippen molar-refractivity contribution in [1.82, 2.24) is 4.98 Å². The van der Waals surface area contributed by atoms with Gasteiger partial charge in [0.1, 0.15) is 22.2 Å². The zero-order valence-corrected chi connectivity index (χ0v) is 15.1. The molecular formula is C16H19N3O5S. The van der Waals surface area contributed by atoms with Crippen molar-refractivity contribution in [3.63, 3.8) is 0 Å². The van der Waals surface area contributed by atoms with Gasteiger partial charge in [-0.15, -0.1) is 0 Å². The molecule has 9 heteroatoms. The van der Waals surface area contributed by atoms with Crippen LogP contribution in [0.2, 0.25) is 0 Å². The third-order valence-electron chi connectivity index (χ3n) is 3.33. The maximum atomic E-state index is 12.8. The fraction of sp³-hybridized carbons (Fsp3) is 0.250. The van der Waals surface area contributed by atoms with Gasteiger partial charge in [0.15, 0.2) is 0 Å². The van der Waals surface area contributed by atoms with Gasteiger partial charge in [-0.05, 0) is 24.6 Å². The quantitative estimate of drug-likeness (QED) is 0.812. The highest BCUT2D eigenvalue weighted by Crippen LogP contribution is 2.36. The molecule has 1 heterocycles. The first-order valence-electron chi connectivity index (χ1n) is 7.26. The number of aryl methyl sites for hydroxylation is 1. The molecule has 0 aliphatic rings. The molecule has 0 aliphatic carbocycles. The number of aromatic nitrogens is 1. The molecule has 0 atom stereocenters. The van der Waals surface area contributed by atoms with E-state index in [1.165, 1.54) is 39.5 Å². The van der Waals surface area contributed by atoms with E-state index in [0.29, 0.717) is 5.56 Å². The van der Waals surface area contributed by atoms with Crippen LogP contribution in [0.25, 0.3) is 0 Å². The van der Waals surface area contributed by atoms with Gasteiger partial charge in [-0.25, -0.2) is 13.4 Å². The minimum absolute atomic E-state index is 0.0760. The number of methoxy groups -OCH3 is 2. The van der Waals surface area contributed by atoms with Gasteiger partial charge >= 0.3 is 0 Å². The Kier molecular flexibility index (Phi) is 5.48. The molecule has 0 spiro atoms. The Labute approximate surface area is 146 Å². The van der Waals surface area contributed by atoms with Crippen LogP contribution >= 0.6 is 0 Å². The highest BCUT2D eigenvalue weighted by molar-refractivity contribution is 7.92. The Balaban J connectivity index is 2.55. The maximum Gasteiger partial charge on any atom is 0.266 e. The molecule has 0 fully saturated rings. The summed E-state index contributed by atoms with van der Waals surface area (Å²) in [5.41, 5.74) is 0.884. The van der Waals surface area contributed by atoms with Crippen LogP contribution in [0.1, 0.15) is 12.5 Å². The lowest BCUT2D eigenvalue weighted by Crippen LogP contribution is -2.17. The SMILES string of the molecule is COc1cc(OC)c(S(=O)(=O)Nc2ncccc2C)cc1NC(C)=O. The van der Waals surface area contributed by atoms with Crippen LogP contribution in [-0.2, 0) is 14.8 Å². The van der Waals surface area contributed by atoms with Crippen LogP contribution in [0.15, 0.2) is 35.4 Å². The summed E-state index contributed by atoms with van der Waals surface area (Å²) in [4.78, 5) is 15.2. The lowest BCUT2D eigenvalue weighted by atomic mass is 10.2. The van der Waals surface area contributed by atoms with Gasteiger partial charge in [0.05, 0.1) is 19.9 Å². The Morgan fingerprint density at radius 3 is 2.40 bits per heavy atom. The third-order valence-corrected chi connectivity index (χ3v) is 4.69. The molecule has 2 aromatic rings. The number of rotatable bonds is 6. The molecule has 134 valence electrons. The van der Waals surface area contributed by atoms with Crippen LogP contribution in [0.4, 0.5) is 11.5 Å². The molecule has 0 bridgehead atoms. The predicted octanol–water partition coefficient (Wildman–Crippen LogP) is 2.17. The average molecular weight is 365 g/mol. The molecule has 0 saturated carbocycles. The standard InChI is InChI=1S/C16H19N3O5S/c1-10-6-5-7-17-16(10)19-25(21,22)15-8-12(18-11(2)20)13(23-3)9-14(15)24-4/h5-9H,1-4H3,(H,17,19)(H,18,20). The van der Waals surface area contributed by atoms with E-state index in [2.05, 4.69) is 15.0 Å². The summed E-state index contributed by atoms with van der Waals surface area (Å²) in [7, 11) is -1.25. The molecule has 0 aliphatic heterocycles. The van der Waals surface area contributed by atoms with E-state index in [1.54, 1.807) is 19.1 Å². The number of carbonyl (C=O) groups excluding carboxylic acids is 1. The Bertz CT molecular complexity index is 897. The molecule has 1 aromatic heterocycles. The zero-order valence-electron chi connectivity index (χ0n) is 14.3. The van der Waals surface area contributed by atoms with Crippen LogP contribution < -0.4 is 19.5 Å². The number of pyridine rings is 1. The van der Waals surface area contributed by atoms with Gasteiger partial charge in [-0.2, -0.15) is 0 Å². The van der Waals surface area contributed by atoms with E-state index in [1.807, 2.05) is 0 Å². The molecule has 0 saturated heterocycles. The van der Waals surface area contributed by atoms with Gasteiger partial charge in [0.2, 0.25) is 5.91 Å². The number of hydrogen-bond acceptors (Lipinski definition) is 6. The smallest absolute Gasteiger partial charge is 0.266 e. The largest absolute Gasteiger partial charge is 0.495 e. The fourth-order valence-corrected chi connectivity index (χ4v) is 3.40. The van der Waals surface area contributed by atoms with E-state index >= 15 is 0 Å². The van der Waals surface area contributed by atoms with Crippen molar-refractivity contribution in [2.75, 3.05) is 24.3 Å². The van der Waals surface area contributed by atoms with Crippen molar-refractivity contribution >= 4 is 27.4 Å². The first-order chi connectivity index (χ1) is 11.8. The van der Waals surface area contributed by atoms with Gasteiger partial charge in [0, 0.05) is 19.2 Å². The lowest BCUT2D eigenvalue weighted by Gasteiger charge is -2.16. The van der Waals surface area contributed by atoms with Gasteiger partial charge in [0.25, 0.3) is 10.0 Å². The lowest BCUT2D eigenvalue weighted by molar-refractivity contribution is -0.114. The number of hydrogen-bond donors (Lipinski definition) is 2. The van der Waals surface area contributed by atoms with Crippen molar-refractivity contribution in [2.24, 2.45) is 0 Å². The molecule has 25 heavy (non-hydrogen) atoms. The van der Waals surface area contributed by atoms with Crippen LogP contribution in [0, 0.1) is 6.92 Å². The summed E-state index contributed by atoms with van der Waals surface area (Å²) in [5, 5.41) is 2.54. The van der Waals surface area contributed by atoms with E-state index in [4.69, 9.17) is 9.47 Å². The number of nitrogens with zero attached hydrogens (tertiary/aromatic N) is 1. The topological polar surface area (TPSA) is 107 Å². The van der Waals surface area contributed by atoms with Crippen LogP contribution in [0.5, 0.6) is 11.5 Å². The molecule has 0 unspecified atom stereocenters. The van der Waals surface area contributed by atoms with Crippen LogP contribution in [-0.4, -0.2) is 33.5 Å². The maximum absolute atomic E-state index is 12.8. The molecule has 2 N–H and O–H groups in total. The number of amides is 1. The first kappa shape index (κ1) is 18.5.